The van der Waals surface area contributed by atoms with E-state index in [4.69, 9.17) is 16.7 Å². The molecule has 8 heteroatoms. The van der Waals surface area contributed by atoms with Gasteiger partial charge in [-0.25, -0.2) is 13.2 Å². The maximum atomic E-state index is 11.9. The Morgan fingerprint density at radius 3 is 2.29 bits per heavy atom. The van der Waals surface area contributed by atoms with Crippen LogP contribution in [0.3, 0.4) is 0 Å². The second kappa shape index (κ2) is 6.52. The average molecular weight is 340 g/mol. The summed E-state index contributed by atoms with van der Waals surface area (Å²) < 4.78 is 22.4. The van der Waals surface area contributed by atoms with E-state index in [1.54, 1.807) is 0 Å². The van der Waals surface area contributed by atoms with Gasteiger partial charge in [0.05, 0.1) is 11.2 Å². The molecule has 0 aromatic heterocycles. The molecule has 2 heterocycles. The number of aliphatic carboxylic acids is 1. The predicted molar refractivity (Wildman–Crippen MR) is 79.9 cm³/mol. The van der Waals surface area contributed by atoms with E-state index >= 15 is 0 Å². The monoisotopic (exact) mass is 339 g/mol. The van der Waals surface area contributed by atoms with Crippen LogP contribution in [0, 0.1) is 0 Å². The zero-order valence-corrected chi connectivity index (χ0v) is 14.1. The summed E-state index contributed by atoms with van der Waals surface area (Å²) in [6, 6.07) is -1.26. The largest absolute Gasteiger partial charge is 0.480 e. The average Bonchev–Trinajstić information content (AvgIpc) is 2.51. The van der Waals surface area contributed by atoms with E-state index in [9.17, 15) is 18.0 Å². The van der Waals surface area contributed by atoms with Gasteiger partial charge in [0, 0.05) is 5.88 Å². The first-order chi connectivity index (χ1) is 9.62. The molecule has 0 aliphatic carbocycles. The number of unbranched alkanes of at least 4 members (excludes halogenated alkanes) is 2. The number of carbonyl (C=O) groups excluding carboxylic acids is 1. The number of nitrogens with zero attached hydrogens (tertiary/aromatic N) is 1. The predicted octanol–water partition coefficient (Wildman–Crippen LogP) is 1.62. The molecular weight excluding hydrogens is 318 g/mol. The Balaban J connectivity index is 0.000000315. The van der Waals surface area contributed by atoms with Crippen LogP contribution in [0.1, 0.15) is 46.5 Å². The van der Waals surface area contributed by atoms with E-state index in [0.29, 0.717) is 0 Å². The number of carboxylic acids is 1. The van der Waals surface area contributed by atoms with Crippen LogP contribution in [0.5, 0.6) is 0 Å². The first kappa shape index (κ1) is 18.2. The maximum Gasteiger partial charge on any atom is 0.328 e. The first-order valence-corrected chi connectivity index (χ1v) is 9.04. The molecule has 21 heavy (non-hydrogen) atoms. The number of carboxylic acid groups (broad SMARTS) is 1. The molecule has 0 radical (unpaired) electrons. The van der Waals surface area contributed by atoms with Crippen molar-refractivity contribution in [3.05, 3.63) is 0 Å². The molecule has 2 aliphatic rings. The Morgan fingerprint density at radius 1 is 1.43 bits per heavy atom. The summed E-state index contributed by atoms with van der Waals surface area (Å²) in [5.41, 5.74) is 0. The molecule has 2 atom stereocenters. The molecule has 0 spiro atoms. The lowest BCUT2D eigenvalue weighted by molar-refractivity contribution is -0.157. The highest BCUT2D eigenvalue weighted by Crippen LogP contribution is 2.45. The molecule has 2 fully saturated rings. The van der Waals surface area contributed by atoms with Crippen LogP contribution in [0.25, 0.3) is 0 Å². The third-order valence-electron chi connectivity index (χ3n) is 3.95. The normalized spacial score (nSPS) is 28.2. The lowest BCUT2D eigenvalue weighted by Crippen LogP contribution is -2.57. The van der Waals surface area contributed by atoms with Crippen molar-refractivity contribution in [1.82, 2.24) is 4.90 Å². The van der Waals surface area contributed by atoms with Crippen molar-refractivity contribution in [3.8, 4) is 0 Å². The van der Waals surface area contributed by atoms with Crippen LogP contribution in [0.2, 0.25) is 0 Å². The smallest absolute Gasteiger partial charge is 0.328 e. The van der Waals surface area contributed by atoms with Gasteiger partial charge in [-0.3, -0.25) is 4.79 Å². The van der Waals surface area contributed by atoms with Gasteiger partial charge in [-0.05, 0) is 20.3 Å². The number of carbonyl (C=O) groups is 2. The molecule has 0 aromatic rings. The Hall–Kier alpha value is -0.820. The van der Waals surface area contributed by atoms with E-state index in [1.165, 1.54) is 33.1 Å². The molecule has 0 saturated carbocycles. The Bertz CT molecular complexity index is 513. The molecule has 2 aliphatic heterocycles. The number of fused-ring (bicyclic) bond motifs is 1. The molecule has 0 unspecified atom stereocenters. The molecule has 1 N–H and O–H groups in total. The number of alkyl halides is 1. The SMILES string of the molecule is CC1(C)[C@H](C(=O)O)N2C(=O)C[C@H]2S1(=O)=O.CCCCCCl. The molecule has 2 rings (SSSR count). The van der Waals surface area contributed by atoms with E-state index in [-0.39, 0.29) is 6.42 Å². The van der Waals surface area contributed by atoms with Crippen molar-refractivity contribution in [1.29, 1.82) is 0 Å². The number of hydrogen-bond acceptors (Lipinski definition) is 4. The highest BCUT2D eigenvalue weighted by atomic mass is 35.5. The van der Waals surface area contributed by atoms with Crippen molar-refractivity contribution in [2.45, 2.75) is 62.6 Å². The molecule has 1 amide bonds. The zero-order valence-electron chi connectivity index (χ0n) is 12.5. The van der Waals surface area contributed by atoms with Crippen molar-refractivity contribution in [3.63, 3.8) is 0 Å². The van der Waals surface area contributed by atoms with Crippen molar-refractivity contribution < 1.29 is 23.1 Å². The fourth-order valence-corrected chi connectivity index (χ4v) is 4.89. The Kier molecular flexibility index (Phi) is 5.66. The molecule has 0 bridgehead atoms. The number of amides is 1. The van der Waals surface area contributed by atoms with Crippen LogP contribution in [-0.2, 0) is 19.4 Å². The third-order valence-corrected chi connectivity index (χ3v) is 7.01. The number of halogens is 1. The van der Waals surface area contributed by atoms with Gasteiger partial charge in [0.2, 0.25) is 5.91 Å². The molecule has 2 saturated heterocycles. The van der Waals surface area contributed by atoms with Gasteiger partial charge in [0.25, 0.3) is 0 Å². The molecule has 6 nitrogen and oxygen atoms in total. The number of sulfone groups is 1. The van der Waals surface area contributed by atoms with Gasteiger partial charge in [-0.15, -0.1) is 11.6 Å². The minimum absolute atomic E-state index is 0.0878. The fraction of sp³-hybridized carbons (Fsp3) is 0.846. The Labute approximate surface area is 130 Å². The van der Waals surface area contributed by atoms with Gasteiger partial charge in [-0.2, -0.15) is 0 Å². The van der Waals surface area contributed by atoms with Crippen LogP contribution in [0.4, 0.5) is 0 Å². The first-order valence-electron chi connectivity index (χ1n) is 6.96. The number of rotatable bonds is 4. The van der Waals surface area contributed by atoms with Crippen LogP contribution >= 0.6 is 11.6 Å². The summed E-state index contributed by atoms with van der Waals surface area (Å²) in [6.07, 6.45) is 3.64. The van der Waals surface area contributed by atoms with Crippen molar-refractivity contribution >= 4 is 33.3 Å². The van der Waals surface area contributed by atoms with E-state index < -0.39 is 37.9 Å². The van der Waals surface area contributed by atoms with Gasteiger partial charge in [-0.1, -0.05) is 19.8 Å². The van der Waals surface area contributed by atoms with Gasteiger partial charge in [0.15, 0.2) is 9.84 Å². The van der Waals surface area contributed by atoms with Crippen LogP contribution < -0.4 is 0 Å². The second-order valence-electron chi connectivity index (χ2n) is 5.75. The highest BCUT2D eigenvalue weighted by molar-refractivity contribution is 7.93. The number of hydrogen-bond donors (Lipinski definition) is 1. The third kappa shape index (κ3) is 3.04. The lowest BCUT2D eigenvalue weighted by Gasteiger charge is -2.35. The van der Waals surface area contributed by atoms with Gasteiger partial charge in [0.1, 0.15) is 11.4 Å². The van der Waals surface area contributed by atoms with Gasteiger partial charge < -0.3 is 10.0 Å². The summed E-state index contributed by atoms with van der Waals surface area (Å²) >= 11 is 5.38. The van der Waals surface area contributed by atoms with E-state index in [0.717, 1.165) is 10.8 Å². The van der Waals surface area contributed by atoms with E-state index in [1.807, 2.05) is 0 Å². The highest BCUT2D eigenvalue weighted by Gasteiger charge is 2.67. The molecule has 0 aromatic carbocycles. The summed E-state index contributed by atoms with van der Waals surface area (Å²) in [4.78, 5) is 23.2. The summed E-state index contributed by atoms with van der Waals surface area (Å²) in [5.74, 6) is -0.839. The standard InChI is InChI=1S/C8H11NO5S.C5H11Cl/c1-8(2)6(7(11)12)9-4(10)3-5(9)15(8,13)14;1-2-3-4-5-6/h5-6H,3H2,1-2H3,(H,11,12);2-5H2,1H3/t5-,6+;/m1./s1. The summed E-state index contributed by atoms with van der Waals surface area (Å²) in [6.45, 7) is 4.88. The van der Waals surface area contributed by atoms with Crippen molar-refractivity contribution in [2.75, 3.05) is 5.88 Å². The second-order valence-corrected chi connectivity index (χ2v) is 8.81. The molecular formula is C13H22ClNO5S. The van der Waals surface area contributed by atoms with Crippen molar-refractivity contribution in [2.24, 2.45) is 0 Å². The quantitative estimate of drug-likeness (QED) is 0.477. The van der Waals surface area contributed by atoms with Crippen LogP contribution in [0.15, 0.2) is 0 Å². The Morgan fingerprint density at radius 2 is 2.00 bits per heavy atom. The van der Waals surface area contributed by atoms with E-state index in [2.05, 4.69) is 6.92 Å². The lowest BCUT2D eigenvalue weighted by atomic mass is 9.98. The van der Waals surface area contributed by atoms with Gasteiger partial charge >= 0.3 is 5.97 Å². The zero-order chi connectivity index (χ0) is 16.4. The summed E-state index contributed by atoms with van der Waals surface area (Å²) in [7, 11) is -3.57. The number of β-lactam (4-membered cyclic amide) rings is 1. The molecule has 122 valence electrons. The minimum atomic E-state index is -3.57. The fourth-order valence-electron chi connectivity index (χ4n) is 2.57. The minimum Gasteiger partial charge on any atom is -0.480 e. The van der Waals surface area contributed by atoms with Crippen LogP contribution in [-0.4, -0.2) is 52.3 Å². The maximum absolute atomic E-state index is 11.9. The summed E-state index contributed by atoms with van der Waals surface area (Å²) in [5, 5.41) is 8.03. The topological polar surface area (TPSA) is 91.8 Å².